The Hall–Kier alpha value is -2.26. The molecule has 118 valence electrons. The van der Waals surface area contributed by atoms with Crippen LogP contribution in [0.1, 0.15) is 11.4 Å². The molecule has 7 nitrogen and oxygen atoms in total. The number of aromatic amines is 1. The van der Waals surface area contributed by atoms with E-state index in [0.29, 0.717) is 5.56 Å². The third-order valence-corrected chi connectivity index (χ3v) is 4.07. The van der Waals surface area contributed by atoms with Crippen molar-refractivity contribution in [2.45, 2.75) is 13.1 Å². The predicted octanol–water partition coefficient (Wildman–Crippen LogP) is 0.453. The number of hydrogen-bond donors (Lipinski definition) is 2. The molecule has 0 bridgehead atoms. The van der Waals surface area contributed by atoms with Gasteiger partial charge in [-0.3, -0.25) is 4.79 Å². The van der Waals surface area contributed by atoms with Crippen molar-refractivity contribution in [3.63, 3.8) is 0 Å². The average molecular weight is 326 g/mol. The van der Waals surface area contributed by atoms with E-state index in [9.17, 15) is 17.6 Å². The number of anilines is 1. The Bertz CT molecular complexity index is 818. The number of benzene rings is 1. The summed E-state index contributed by atoms with van der Waals surface area (Å²) in [6.45, 7) is -0.117. The lowest BCUT2D eigenvalue weighted by molar-refractivity contribution is 0.395. The van der Waals surface area contributed by atoms with Gasteiger partial charge >= 0.3 is 0 Å². The van der Waals surface area contributed by atoms with Gasteiger partial charge in [-0.1, -0.05) is 12.1 Å². The molecule has 2 rings (SSSR count). The molecule has 1 aromatic heterocycles. The highest BCUT2D eigenvalue weighted by Gasteiger charge is 2.19. The molecule has 9 heteroatoms. The van der Waals surface area contributed by atoms with Crippen molar-refractivity contribution in [2.24, 2.45) is 0 Å². The van der Waals surface area contributed by atoms with Crippen molar-refractivity contribution in [2.75, 3.05) is 12.0 Å². The largest absolute Gasteiger partial charge is 0.383 e. The normalized spacial score (nSPS) is 11.8. The fourth-order valence-corrected chi connectivity index (χ4v) is 2.59. The molecule has 1 aromatic carbocycles. The van der Waals surface area contributed by atoms with Crippen LogP contribution in [-0.4, -0.2) is 28.9 Å². The highest BCUT2D eigenvalue weighted by Crippen LogP contribution is 2.12. The monoisotopic (exact) mass is 326 g/mol. The molecule has 0 saturated carbocycles. The number of sulfonamides is 1. The zero-order valence-corrected chi connectivity index (χ0v) is 12.6. The number of halogens is 1. The average Bonchev–Trinajstić information content (AvgIpc) is 2.38. The number of rotatable bonds is 5. The van der Waals surface area contributed by atoms with Crippen LogP contribution in [0.2, 0.25) is 0 Å². The summed E-state index contributed by atoms with van der Waals surface area (Å²) in [5.41, 5.74) is 5.62. The van der Waals surface area contributed by atoms with Crippen molar-refractivity contribution in [3.05, 3.63) is 57.9 Å². The Morgan fingerprint density at radius 1 is 1.27 bits per heavy atom. The van der Waals surface area contributed by atoms with Gasteiger partial charge in [-0.05, 0) is 17.7 Å². The lowest BCUT2D eigenvalue weighted by Gasteiger charge is -2.19. The molecule has 1 heterocycles. The number of nitrogens with one attached hydrogen (secondary N) is 1. The first-order valence-corrected chi connectivity index (χ1v) is 8.14. The van der Waals surface area contributed by atoms with Crippen LogP contribution < -0.4 is 11.3 Å². The second-order valence-corrected chi connectivity index (χ2v) is 6.76. The Morgan fingerprint density at radius 3 is 2.45 bits per heavy atom. The van der Waals surface area contributed by atoms with Gasteiger partial charge in [0.15, 0.2) is 0 Å². The van der Waals surface area contributed by atoms with E-state index < -0.39 is 21.4 Å². The quantitative estimate of drug-likeness (QED) is 0.829. The van der Waals surface area contributed by atoms with Gasteiger partial charge < -0.3 is 10.7 Å². The molecule has 0 aliphatic rings. The smallest absolute Gasteiger partial charge is 0.253 e. The Balaban J connectivity index is 2.27. The fraction of sp³-hybridized carbons (Fsp3) is 0.231. The van der Waals surface area contributed by atoms with E-state index in [2.05, 4.69) is 9.97 Å². The summed E-state index contributed by atoms with van der Waals surface area (Å²) in [4.78, 5) is 17.7. The third-order valence-electron chi connectivity index (χ3n) is 2.88. The van der Waals surface area contributed by atoms with Crippen molar-refractivity contribution in [1.29, 1.82) is 0 Å². The lowest BCUT2D eigenvalue weighted by atomic mass is 10.2. The topological polar surface area (TPSA) is 109 Å². The Morgan fingerprint density at radius 2 is 1.91 bits per heavy atom. The van der Waals surface area contributed by atoms with Crippen LogP contribution >= 0.6 is 0 Å². The minimum Gasteiger partial charge on any atom is -0.383 e. The van der Waals surface area contributed by atoms with Crippen LogP contribution in [0.4, 0.5) is 10.2 Å². The fourth-order valence-electron chi connectivity index (χ4n) is 1.85. The van der Waals surface area contributed by atoms with Gasteiger partial charge in [-0.15, -0.1) is 0 Å². The number of nitrogens with zero attached hydrogens (tertiary/aromatic N) is 2. The Kier molecular flexibility index (Phi) is 4.57. The van der Waals surface area contributed by atoms with Crippen molar-refractivity contribution >= 4 is 15.8 Å². The van der Waals surface area contributed by atoms with Gasteiger partial charge in [0.25, 0.3) is 5.56 Å². The highest BCUT2D eigenvalue weighted by atomic mass is 32.2. The summed E-state index contributed by atoms with van der Waals surface area (Å²) in [7, 11) is -3.56. The molecular weight excluding hydrogens is 311 g/mol. The molecule has 0 unspecified atom stereocenters. The zero-order chi connectivity index (χ0) is 16.3. The zero-order valence-electron chi connectivity index (χ0n) is 11.8. The number of hydrogen-bond acceptors (Lipinski definition) is 5. The van der Waals surface area contributed by atoms with Gasteiger partial charge in [-0.25, -0.2) is 17.8 Å². The molecule has 0 radical (unpaired) electrons. The first kappa shape index (κ1) is 16.1. The van der Waals surface area contributed by atoms with Crippen LogP contribution in [0.5, 0.6) is 0 Å². The molecule has 2 aromatic rings. The van der Waals surface area contributed by atoms with Crippen LogP contribution in [0.15, 0.2) is 35.1 Å². The van der Waals surface area contributed by atoms with Crippen LogP contribution in [-0.2, 0) is 23.1 Å². The molecule has 0 atom stereocenters. The van der Waals surface area contributed by atoms with E-state index >= 15 is 0 Å². The lowest BCUT2D eigenvalue weighted by Crippen LogP contribution is -2.31. The second-order valence-electron chi connectivity index (χ2n) is 4.77. The first-order chi connectivity index (χ1) is 10.2. The molecule has 0 saturated heterocycles. The maximum absolute atomic E-state index is 12.9. The number of aromatic nitrogens is 2. The van der Waals surface area contributed by atoms with E-state index in [4.69, 9.17) is 5.73 Å². The summed E-state index contributed by atoms with van der Waals surface area (Å²) < 4.78 is 37.8. The van der Waals surface area contributed by atoms with Crippen molar-refractivity contribution in [1.82, 2.24) is 14.3 Å². The number of nitrogen functional groups attached to an aromatic ring is 1. The van der Waals surface area contributed by atoms with E-state index in [0.717, 1.165) is 16.6 Å². The summed E-state index contributed by atoms with van der Waals surface area (Å²) >= 11 is 0. The molecule has 22 heavy (non-hydrogen) atoms. The molecule has 0 amide bonds. The maximum Gasteiger partial charge on any atom is 0.253 e. The van der Waals surface area contributed by atoms with Gasteiger partial charge in [0.2, 0.25) is 10.0 Å². The van der Waals surface area contributed by atoms with Gasteiger partial charge in [0, 0.05) is 12.6 Å². The minimum atomic E-state index is -3.56. The van der Waals surface area contributed by atoms with Gasteiger partial charge in [-0.2, -0.15) is 4.31 Å². The first-order valence-electron chi connectivity index (χ1n) is 6.29. The van der Waals surface area contributed by atoms with E-state index in [-0.39, 0.29) is 24.7 Å². The number of H-pyrrole nitrogens is 1. The molecule has 3 N–H and O–H groups in total. The summed E-state index contributed by atoms with van der Waals surface area (Å²) in [5, 5.41) is 0. The molecular formula is C13H15FN4O3S. The SMILES string of the molecule is CS(=O)(=O)N(Cc1ccc(F)cc1)Cc1nc(N)cc(=O)[nH]1. The van der Waals surface area contributed by atoms with Crippen LogP contribution in [0, 0.1) is 5.82 Å². The van der Waals surface area contributed by atoms with E-state index in [1.54, 1.807) is 0 Å². The summed E-state index contributed by atoms with van der Waals surface area (Å²) in [6, 6.07) is 6.58. The maximum atomic E-state index is 12.9. The number of nitrogens with two attached hydrogens (primary N) is 1. The highest BCUT2D eigenvalue weighted by molar-refractivity contribution is 7.88. The van der Waals surface area contributed by atoms with Gasteiger partial charge in [0.1, 0.15) is 17.5 Å². The van der Waals surface area contributed by atoms with Crippen molar-refractivity contribution < 1.29 is 12.8 Å². The van der Waals surface area contributed by atoms with Crippen molar-refractivity contribution in [3.8, 4) is 0 Å². The van der Waals surface area contributed by atoms with E-state index in [1.165, 1.54) is 24.3 Å². The molecule has 0 fully saturated rings. The van der Waals surface area contributed by atoms with Crippen LogP contribution in [0.25, 0.3) is 0 Å². The minimum absolute atomic E-state index is 0.00832. The molecule has 0 spiro atoms. The third kappa shape index (κ3) is 4.37. The van der Waals surface area contributed by atoms with Gasteiger partial charge in [0.05, 0.1) is 12.8 Å². The summed E-state index contributed by atoms with van der Waals surface area (Å²) in [5.74, 6) is -0.261. The molecule has 0 aliphatic heterocycles. The van der Waals surface area contributed by atoms with Crippen LogP contribution in [0.3, 0.4) is 0 Å². The van der Waals surface area contributed by atoms with E-state index in [1.807, 2.05) is 0 Å². The standard InChI is InChI=1S/C13H15FN4O3S/c1-22(20,21)18(7-9-2-4-10(14)5-3-9)8-12-16-11(15)6-13(19)17-12/h2-6H,7-8H2,1H3,(H3,15,16,17,19). The molecule has 0 aliphatic carbocycles. The predicted molar refractivity (Wildman–Crippen MR) is 79.8 cm³/mol. The Labute approximate surface area is 126 Å². The summed E-state index contributed by atoms with van der Waals surface area (Å²) in [6.07, 6.45) is 1.04. The second kappa shape index (κ2) is 6.24.